The number of nitrogens with zero attached hydrogens (tertiary/aromatic N) is 5. The fourth-order valence-electron chi connectivity index (χ4n) is 4.39. The van der Waals surface area contributed by atoms with E-state index in [2.05, 4.69) is 25.5 Å². The van der Waals surface area contributed by atoms with Gasteiger partial charge in [0.2, 0.25) is 6.41 Å². The molecule has 1 amide bonds. The summed E-state index contributed by atoms with van der Waals surface area (Å²) in [5.41, 5.74) is 0.845. The molecule has 1 unspecified atom stereocenters. The quantitative estimate of drug-likeness (QED) is 0.477. The SMILES string of the molecule is O=CN(CC1CCCO1)c1cnc(-c2ccc(NCC3(c4ncccc4F)CCC3)nn2)s1. The van der Waals surface area contributed by atoms with Gasteiger partial charge in [-0.1, -0.05) is 17.8 Å². The highest BCUT2D eigenvalue weighted by atomic mass is 32.1. The predicted molar refractivity (Wildman–Crippen MR) is 124 cm³/mol. The van der Waals surface area contributed by atoms with E-state index in [0.717, 1.165) is 50.1 Å². The lowest BCUT2D eigenvalue weighted by molar-refractivity contribution is -0.107. The molecule has 0 radical (unpaired) electrons. The highest BCUT2D eigenvalue weighted by Gasteiger charge is 2.41. The molecule has 1 saturated carbocycles. The van der Waals surface area contributed by atoms with Crippen molar-refractivity contribution in [3.8, 4) is 10.7 Å². The Hall–Kier alpha value is -2.98. The maximum Gasteiger partial charge on any atom is 0.214 e. The van der Waals surface area contributed by atoms with Gasteiger partial charge in [0.1, 0.15) is 27.3 Å². The molecule has 0 aromatic carbocycles. The van der Waals surface area contributed by atoms with Crippen LogP contribution in [0.5, 0.6) is 0 Å². The first kappa shape index (κ1) is 21.8. The van der Waals surface area contributed by atoms with Crippen LogP contribution in [-0.4, -0.2) is 52.4 Å². The number of carbonyl (C=O) groups is 1. The molecule has 4 heterocycles. The third kappa shape index (κ3) is 4.58. The van der Waals surface area contributed by atoms with Crippen LogP contribution in [-0.2, 0) is 14.9 Å². The van der Waals surface area contributed by atoms with Gasteiger partial charge in [-0.25, -0.2) is 9.37 Å². The molecule has 3 aromatic heterocycles. The number of anilines is 2. The summed E-state index contributed by atoms with van der Waals surface area (Å²) in [4.78, 5) is 21.9. The number of thiazole rings is 1. The minimum absolute atomic E-state index is 0.0735. The number of hydrogen-bond donors (Lipinski definition) is 1. The molecule has 1 aliphatic carbocycles. The molecule has 1 saturated heterocycles. The molecular weight excluding hydrogens is 443 g/mol. The molecule has 1 aliphatic heterocycles. The van der Waals surface area contributed by atoms with Gasteiger partial charge in [0.15, 0.2) is 0 Å². The standard InChI is InChI=1S/C23H25FN6O2S/c24-17-5-1-10-25-21(17)23(8-3-9-23)14-27-19-7-6-18(28-29-19)22-26-12-20(33-22)30(15-31)13-16-4-2-11-32-16/h1,5-7,10,12,15-16H,2-4,8-9,11,13-14H2,(H,27,29). The number of nitrogens with one attached hydrogen (secondary N) is 1. The summed E-state index contributed by atoms with van der Waals surface area (Å²) < 4.78 is 19.9. The lowest BCUT2D eigenvalue weighted by atomic mass is 9.66. The summed E-state index contributed by atoms with van der Waals surface area (Å²) in [7, 11) is 0. The monoisotopic (exact) mass is 468 g/mol. The van der Waals surface area contributed by atoms with Crippen LogP contribution >= 0.6 is 11.3 Å². The van der Waals surface area contributed by atoms with Crippen LogP contribution in [0.3, 0.4) is 0 Å². The third-order valence-corrected chi connectivity index (χ3v) is 7.45. The summed E-state index contributed by atoms with van der Waals surface area (Å²) in [5.74, 6) is 0.356. The van der Waals surface area contributed by atoms with Crippen LogP contribution in [0.2, 0.25) is 0 Å². The predicted octanol–water partition coefficient (Wildman–Crippen LogP) is 3.81. The molecule has 10 heteroatoms. The molecule has 2 fully saturated rings. The van der Waals surface area contributed by atoms with Gasteiger partial charge >= 0.3 is 0 Å². The number of amides is 1. The van der Waals surface area contributed by atoms with E-state index >= 15 is 0 Å². The smallest absolute Gasteiger partial charge is 0.214 e. The zero-order valence-electron chi connectivity index (χ0n) is 18.1. The minimum atomic E-state index is -0.308. The Balaban J connectivity index is 1.24. The van der Waals surface area contributed by atoms with Gasteiger partial charge in [0, 0.05) is 24.8 Å². The molecule has 5 rings (SSSR count). The van der Waals surface area contributed by atoms with Crippen molar-refractivity contribution < 1.29 is 13.9 Å². The van der Waals surface area contributed by atoms with Gasteiger partial charge in [-0.15, -0.1) is 10.2 Å². The molecular formula is C23H25FN6O2S. The lowest BCUT2D eigenvalue weighted by Crippen LogP contribution is -2.42. The highest BCUT2D eigenvalue weighted by molar-refractivity contribution is 7.19. The Kier molecular flexibility index (Phi) is 6.28. The van der Waals surface area contributed by atoms with Crippen molar-refractivity contribution in [1.29, 1.82) is 0 Å². The van der Waals surface area contributed by atoms with Gasteiger partial charge < -0.3 is 15.0 Å². The molecule has 1 atom stereocenters. The van der Waals surface area contributed by atoms with E-state index in [1.165, 1.54) is 17.4 Å². The fourth-order valence-corrected chi connectivity index (χ4v) is 5.24. The fraction of sp³-hybridized carbons (Fsp3) is 0.435. The highest BCUT2D eigenvalue weighted by Crippen LogP contribution is 2.43. The van der Waals surface area contributed by atoms with Crippen molar-refractivity contribution in [1.82, 2.24) is 20.2 Å². The number of hydrogen-bond acceptors (Lipinski definition) is 8. The third-order valence-electron chi connectivity index (χ3n) is 6.39. The maximum absolute atomic E-state index is 14.3. The normalized spacial score (nSPS) is 19.1. The Morgan fingerprint density at radius 2 is 2.15 bits per heavy atom. The van der Waals surface area contributed by atoms with E-state index in [4.69, 9.17) is 4.74 Å². The topological polar surface area (TPSA) is 93.1 Å². The zero-order chi connectivity index (χ0) is 22.7. The van der Waals surface area contributed by atoms with Gasteiger partial charge in [0.05, 0.1) is 24.5 Å². The number of ether oxygens (including phenoxy) is 1. The summed E-state index contributed by atoms with van der Waals surface area (Å²) in [6.45, 7) is 1.82. The van der Waals surface area contributed by atoms with E-state index in [1.807, 2.05) is 12.1 Å². The largest absolute Gasteiger partial charge is 0.376 e. The van der Waals surface area contributed by atoms with Crippen LogP contribution < -0.4 is 10.2 Å². The molecule has 0 spiro atoms. The van der Waals surface area contributed by atoms with E-state index in [0.29, 0.717) is 35.3 Å². The average molecular weight is 469 g/mol. The molecule has 33 heavy (non-hydrogen) atoms. The van der Waals surface area contributed by atoms with E-state index in [9.17, 15) is 9.18 Å². The van der Waals surface area contributed by atoms with Crippen LogP contribution in [0.1, 0.15) is 37.8 Å². The van der Waals surface area contributed by atoms with Crippen LogP contribution in [0.15, 0.2) is 36.7 Å². The van der Waals surface area contributed by atoms with Gasteiger partial charge in [-0.2, -0.15) is 0 Å². The molecule has 172 valence electrons. The van der Waals surface area contributed by atoms with Crippen molar-refractivity contribution in [2.75, 3.05) is 29.9 Å². The van der Waals surface area contributed by atoms with E-state index in [-0.39, 0.29) is 17.3 Å². The molecule has 3 aromatic rings. The van der Waals surface area contributed by atoms with Crippen molar-refractivity contribution in [3.05, 3.63) is 48.2 Å². The summed E-state index contributed by atoms with van der Waals surface area (Å²) in [6.07, 6.45) is 9.03. The first-order valence-electron chi connectivity index (χ1n) is 11.2. The van der Waals surface area contributed by atoms with Crippen molar-refractivity contribution >= 4 is 28.6 Å². The number of pyridine rings is 1. The van der Waals surface area contributed by atoms with Crippen LogP contribution in [0.25, 0.3) is 10.7 Å². The first-order valence-corrected chi connectivity index (χ1v) is 12.0. The Bertz CT molecular complexity index is 1100. The van der Waals surface area contributed by atoms with Crippen LogP contribution in [0, 0.1) is 5.82 Å². The maximum atomic E-state index is 14.3. The molecule has 8 nitrogen and oxygen atoms in total. The summed E-state index contributed by atoms with van der Waals surface area (Å²) in [5, 5.41) is 13.3. The van der Waals surface area contributed by atoms with E-state index in [1.54, 1.807) is 23.4 Å². The molecule has 2 aliphatic rings. The van der Waals surface area contributed by atoms with Crippen molar-refractivity contribution in [2.24, 2.45) is 0 Å². The minimum Gasteiger partial charge on any atom is -0.376 e. The number of rotatable bonds is 9. The first-order chi connectivity index (χ1) is 16.2. The molecule has 0 bridgehead atoms. The summed E-state index contributed by atoms with van der Waals surface area (Å²) >= 11 is 1.39. The van der Waals surface area contributed by atoms with Crippen LogP contribution in [0.4, 0.5) is 15.2 Å². The molecule has 1 N–H and O–H groups in total. The van der Waals surface area contributed by atoms with Crippen molar-refractivity contribution in [3.63, 3.8) is 0 Å². The van der Waals surface area contributed by atoms with Gasteiger partial charge in [-0.3, -0.25) is 9.78 Å². The Morgan fingerprint density at radius 1 is 1.24 bits per heavy atom. The van der Waals surface area contributed by atoms with Crippen molar-refractivity contribution in [2.45, 2.75) is 43.6 Å². The average Bonchev–Trinajstić information content (AvgIpc) is 3.51. The number of carbonyl (C=O) groups excluding carboxylic acids is 1. The number of aromatic nitrogens is 4. The van der Waals surface area contributed by atoms with E-state index < -0.39 is 0 Å². The Labute approximate surface area is 195 Å². The van der Waals surface area contributed by atoms with Gasteiger partial charge in [0.25, 0.3) is 0 Å². The zero-order valence-corrected chi connectivity index (χ0v) is 18.9. The summed E-state index contributed by atoms with van der Waals surface area (Å²) in [6, 6.07) is 6.77. The second-order valence-electron chi connectivity index (χ2n) is 8.52. The lowest BCUT2D eigenvalue weighted by Gasteiger charge is -2.41. The Morgan fingerprint density at radius 3 is 2.82 bits per heavy atom. The van der Waals surface area contributed by atoms with Gasteiger partial charge in [-0.05, 0) is 49.9 Å². The second-order valence-corrected chi connectivity index (χ2v) is 9.53. The number of halogens is 1. The second kappa shape index (κ2) is 9.48.